The van der Waals surface area contributed by atoms with Crippen molar-refractivity contribution in [2.24, 2.45) is 11.4 Å². The molecule has 5 nitrogen and oxygen atoms in total. The van der Waals surface area contributed by atoms with E-state index in [4.69, 9.17) is 4.74 Å². The maximum atomic E-state index is 12.6. The maximum absolute atomic E-state index is 12.6. The van der Waals surface area contributed by atoms with Crippen LogP contribution in [-0.4, -0.2) is 20.1 Å². The normalized spacial score (nSPS) is 12.8. The Morgan fingerprint density at radius 3 is 2.25 bits per heavy atom. The molecule has 0 aliphatic heterocycles. The van der Waals surface area contributed by atoms with E-state index in [1.54, 1.807) is 12.1 Å². The van der Waals surface area contributed by atoms with Crippen LogP contribution in [0.3, 0.4) is 0 Å². The fraction of sp³-hybridized carbons (Fsp3) is 0.235. The molecule has 0 N–H and O–H groups in total. The van der Waals surface area contributed by atoms with Crippen LogP contribution in [-0.2, 0) is 17.1 Å². The molecule has 0 unspecified atom stereocenters. The Labute approximate surface area is 144 Å². The molecular formula is C17H18N2O3S2. The molecule has 0 aliphatic carbocycles. The molecule has 3 rings (SSSR count). The van der Waals surface area contributed by atoms with Crippen LogP contribution in [0.1, 0.15) is 11.1 Å². The summed E-state index contributed by atoms with van der Waals surface area (Å²) in [6.45, 7) is 4.02. The van der Waals surface area contributed by atoms with Crippen LogP contribution in [0.25, 0.3) is 10.2 Å². The number of thiazole rings is 1. The smallest absolute Gasteiger partial charge is 0.285 e. The van der Waals surface area contributed by atoms with Gasteiger partial charge in [0.2, 0.25) is 4.80 Å². The monoisotopic (exact) mass is 362 g/mol. The number of sulfonamides is 1. The molecule has 0 radical (unpaired) electrons. The Hall–Kier alpha value is -2.12. The van der Waals surface area contributed by atoms with Crippen LogP contribution in [0.2, 0.25) is 0 Å². The van der Waals surface area contributed by atoms with Gasteiger partial charge in [0.1, 0.15) is 5.75 Å². The van der Waals surface area contributed by atoms with Crippen molar-refractivity contribution in [3.05, 3.63) is 52.3 Å². The van der Waals surface area contributed by atoms with E-state index in [9.17, 15) is 8.42 Å². The number of aryl methyl sites for hydroxylation is 3. The summed E-state index contributed by atoms with van der Waals surface area (Å²) in [5.74, 6) is 0.604. The van der Waals surface area contributed by atoms with E-state index in [1.165, 1.54) is 30.6 Å². The first-order valence-electron chi connectivity index (χ1n) is 7.34. The summed E-state index contributed by atoms with van der Waals surface area (Å²) in [6, 6.07) is 10.3. The zero-order chi connectivity index (χ0) is 17.5. The van der Waals surface area contributed by atoms with Gasteiger partial charge in [0.25, 0.3) is 10.0 Å². The quantitative estimate of drug-likeness (QED) is 0.719. The number of ether oxygens (including phenoxy) is 1. The number of hydrogen-bond donors (Lipinski definition) is 0. The number of benzene rings is 2. The van der Waals surface area contributed by atoms with Crippen LogP contribution in [0.15, 0.2) is 45.7 Å². The molecule has 0 fully saturated rings. The van der Waals surface area contributed by atoms with Crippen LogP contribution >= 0.6 is 11.3 Å². The largest absolute Gasteiger partial charge is 0.497 e. The molecule has 24 heavy (non-hydrogen) atoms. The van der Waals surface area contributed by atoms with Crippen molar-refractivity contribution < 1.29 is 13.2 Å². The molecule has 1 heterocycles. The van der Waals surface area contributed by atoms with E-state index >= 15 is 0 Å². The van der Waals surface area contributed by atoms with E-state index in [-0.39, 0.29) is 4.90 Å². The lowest BCUT2D eigenvalue weighted by Gasteiger charge is -2.02. The third-order valence-electron chi connectivity index (χ3n) is 3.90. The Morgan fingerprint density at radius 2 is 1.67 bits per heavy atom. The lowest BCUT2D eigenvalue weighted by atomic mass is 10.1. The summed E-state index contributed by atoms with van der Waals surface area (Å²) in [4.78, 5) is 0.604. The second-order valence-corrected chi connectivity index (χ2v) is 8.14. The number of rotatable bonds is 3. The Balaban J connectivity index is 2.20. The number of aromatic nitrogens is 1. The highest BCUT2D eigenvalue weighted by molar-refractivity contribution is 7.90. The highest BCUT2D eigenvalue weighted by atomic mass is 32.2. The zero-order valence-corrected chi connectivity index (χ0v) is 15.5. The molecule has 0 amide bonds. The van der Waals surface area contributed by atoms with Gasteiger partial charge in [-0.1, -0.05) is 23.5 Å². The van der Waals surface area contributed by atoms with Gasteiger partial charge in [-0.15, -0.1) is 4.40 Å². The molecular weight excluding hydrogens is 344 g/mol. The average Bonchev–Trinajstić information content (AvgIpc) is 2.88. The third kappa shape index (κ3) is 2.85. The SMILES string of the molecule is COc1ccc(S(=O)(=O)N=c2sc3c(C)ccc(C)c3n2C)cc1. The van der Waals surface area contributed by atoms with Gasteiger partial charge in [-0.25, -0.2) is 0 Å². The molecule has 126 valence electrons. The lowest BCUT2D eigenvalue weighted by molar-refractivity contribution is 0.414. The molecule has 0 saturated heterocycles. The number of nitrogens with zero attached hydrogens (tertiary/aromatic N) is 2. The third-order valence-corrected chi connectivity index (χ3v) is 6.57. The Morgan fingerprint density at radius 1 is 1.04 bits per heavy atom. The van der Waals surface area contributed by atoms with Crippen LogP contribution in [0.5, 0.6) is 5.75 Å². The van der Waals surface area contributed by atoms with Crippen molar-refractivity contribution in [1.82, 2.24) is 4.57 Å². The standard InChI is InChI=1S/C17H18N2O3S2/c1-11-5-6-12(2)16-15(11)19(3)17(23-16)18-24(20,21)14-9-7-13(22-4)8-10-14/h5-10H,1-4H3. The van der Waals surface area contributed by atoms with E-state index in [2.05, 4.69) is 4.40 Å². The van der Waals surface area contributed by atoms with Crippen molar-refractivity contribution in [2.75, 3.05) is 7.11 Å². The molecule has 2 aromatic carbocycles. The van der Waals surface area contributed by atoms with E-state index in [0.29, 0.717) is 10.6 Å². The summed E-state index contributed by atoms with van der Waals surface area (Å²) in [5, 5.41) is 0. The Kier molecular flexibility index (Phi) is 4.23. The van der Waals surface area contributed by atoms with E-state index in [0.717, 1.165) is 21.3 Å². The molecule has 3 aromatic rings. The van der Waals surface area contributed by atoms with Gasteiger partial charge in [0.15, 0.2) is 0 Å². The van der Waals surface area contributed by atoms with E-state index < -0.39 is 10.0 Å². The second-order valence-electron chi connectivity index (χ2n) is 5.56. The second kappa shape index (κ2) is 6.07. The molecule has 0 spiro atoms. The predicted octanol–water partition coefficient (Wildman–Crippen LogP) is 3.15. The summed E-state index contributed by atoms with van der Waals surface area (Å²) in [7, 11) is -0.397. The van der Waals surface area contributed by atoms with E-state index in [1.807, 2.05) is 37.6 Å². The minimum atomic E-state index is -3.78. The summed E-state index contributed by atoms with van der Waals surface area (Å²) in [5.41, 5.74) is 3.22. The van der Waals surface area contributed by atoms with Crippen LogP contribution in [0.4, 0.5) is 0 Å². The van der Waals surface area contributed by atoms with Gasteiger partial charge in [-0.05, 0) is 49.2 Å². The van der Waals surface area contributed by atoms with Crippen molar-refractivity contribution >= 4 is 31.6 Å². The van der Waals surface area contributed by atoms with Gasteiger partial charge in [0.05, 0.1) is 22.2 Å². The van der Waals surface area contributed by atoms with Crippen molar-refractivity contribution in [3.8, 4) is 5.75 Å². The average molecular weight is 362 g/mol. The topological polar surface area (TPSA) is 60.7 Å². The lowest BCUT2D eigenvalue weighted by Crippen LogP contribution is -2.14. The van der Waals surface area contributed by atoms with Gasteiger partial charge in [0, 0.05) is 7.05 Å². The minimum absolute atomic E-state index is 0.147. The Bertz CT molecular complexity index is 1080. The molecule has 0 atom stereocenters. The van der Waals surface area contributed by atoms with Crippen molar-refractivity contribution in [2.45, 2.75) is 18.7 Å². The first-order chi connectivity index (χ1) is 11.3. The fourth-order valence-electron chi connectivity index (χ4n) is 2.55. The fourth-order valence-corrected chi connectivity index (χ4v) is 4.95. The molecule has 7 heteroatoms. The molecule has 1 aromatic heterocycles. The first-order valence-corrected chi connectivity index (χ1v) is 9.60. The van der Waals surface area contributed by atoms with Crippen molar-refractivity contribution in [1.29, 1.82) is 0 Å². The number of fused-ring (bicyclic) bond motifs is 1. The van der Waals surface area contributed by atoms with Crippen LogP contribution < -0.4 is 9.54 Å². The molecule has 0 bridgehead atoms. The van der Waals surface area contributed by atoms with Gasteiger partial charge >= 0.3 is 0 Å². The van der Waals surface area contributed by atoms with Crippen molar-refractivity contribution in [3.63, 3.8) is 0 Å². The summed E-state index contributed by atoms with van der Waals surface area (Å²) < 4.78 is 37.2. The zero-order valence-electron chi connectivity index (χ0n) is 13.9. The summed E-state index contributed by atoms with van der Waals surface area (Å²) >= 11 is 1.39. The highest BCUT2D eigenvalue weighted by Crippen LogP contribution is 2.24. The molecule has 0 saturated carbocycles. The van der Waals surface area contributed by atoms with Gasteiger partial charge in [-0.2, -0.15) is 8.42 Å². The minimum Gasteiger partial charge on any atom is -0.497 e. The number of methoxy groups -OCH3 is 1. The first kappa shape index (κ1) is 16.7. The molecule has 0 aliphatic rings. The summed E-state index contributed by atoms with van der Waals surface area (Å²) in [6.07, 6.45) is 0. The van der Waals surface area contributed by atoms with Crippen LogP contribution in [0, 0.1) is 13.8 Å². The number of hydrogen-bond acceptors (Lipinski definition) is 4. The highest BCUT2D eigenvalue weighted by Gasteiger charge is 2.15. The maximum Gasteiger partial charge on any atom is 0.285 e. The van der Waals surface area contributed by atoms with Gasteiger partial charge < -0.3 is 9.30 Å². The predicted molar refractivity (Wildman–Crippen MR) is 96.0 cm³/mol. The van der Waals surface area contributed by atoms with Gasteiger partial charge in [-0.3, -0.25) is 0 Å².